The van der Waals surface area contributed by atoms with Gasteiger partial charge in [-0.25, -0.2) is 4.79 Å². The van der Waals surface area contributed by atoms with E-state index in [-0.39, 0.29) is 11.9 Å². The summed E-state index contributed by atoms with van der Waals surface area (Å²) in [4.78, 5) is 24.1. The molecule has 0 unspecified atom stereocenters. The summed E-state index contributed by atoms with van der Waals surface area (Å²) in [6, 6.07) is -0.278. The minimum atomic E-state index is -0.523. The van der Waals surface area contributed by atoms with Crippen LogP contribution in [-0.2, 0) is 9.53 Å². The fourth-order valence-electron chi connectivity index (χ4n) is 1.53. The van der Waals surface area contributed by atoms with Crippen molar-refractivity contribution in [3.8, 4) is 0 Å². The zero-order chi connectivity index (χ0) is 9.47. The number of ether oxygens (including phenoxy) is 1. The van der Waals surface area contributed by atoms with Gasteiger partial charge in [0, 0.05) is 7.11 Å². The molecule has 13 heavy (non-hydrogen) atoms. The number of nitrogens with zero attached hydrogens (tertiary/aromatic N) is 1. The highest BCUT2D eigenvalue weighted by atomic mass is 16.5. The zero-order valence-corrected chi connectivity index (χ0v) is 7.50. The minimum Gasteiger partial charge on any atom is -0.383 e. The van der Waals surface area contributed by atoms with Gasteiger partial charge in [0.15, 0.2) is 0 Å². The molecule has 0 radical (unpaired) electrons. The number of carbonyl (C=O) groups is 2. The second-order valence-electron chi connectivity index (χ2n) is 3.46. The molecular formula is C8H12N2O3. The number of hydrogen-bond acceptors (Lipinski definition) is 3. The van der Waals surface area contributed by atoms with Gasteiger partial charge in [0.2, 0.25) is 0 Å². The summed E-state index contributed by atoms with van der Waals surface area (Å²) in [5.41, 5.74) is -0.523. The average Bonchev–Trinajstić information content (AvgIpc) is 2.81. The molecule has 2 aliphatic rings. The molecule has 2 fully saturated rings. The fourth-order valence-corrected chi connectivity index (χ4v) is 1.53. The smallest absolute Gasteiger partial charge is 0.325 e. The van der Waals surface area contributed by atoms with Crippen LogP contribution in [0.1, 0.15) is 12.8 Å². The Bertz CT molecular complexity index is 260. The SMILES string of the molecule is COCCN1C(=O)NC2(CC2)C1=O. The molecule has 1 saturated heterocycles. The molecule has 3 amide bonds. The first kappa shape index (κ1) is 8.50. The van der Waals surface area contributed by atoms with Crippen LogP contribution in [0.4, 0.5) is 4.79 Å². The Labute approximate surface area is 76.0 Å². The van der Waals surface area contributed by atoms with Crippen LogP contribution in [0.3, 0.4) is 0 Å². The minimum absolute atomic E-state index is 0.0884. The van der Waals surface area contributed by atoms with E-state index in [0.717, 1.165) is 12.8 Å². The fraction of sp³-hybridized carbons (Fsp3) is 0.750. The van der Waals surface area contributed by atoms with Crippen molar-refractivity contribution in [2.24, 2.45) is 0 Å². The van der Waals surface area contributed by atoms with Crippen LogP contribution in [0.2, 0.25) is 0 Å². The van der Waals surface area contributed by atoms with Crippen molar-refractivity contribution >= 4 is 11.9 Å². The molecule has 1 heterocycles. The predicted octanol–water partition coefficient (Wildman–Crippen LogP) is -0.283. The number of carbonyl (C=O) groups excluding carboxylic acids is 2. The Balaban J connectivity index is 2.03. The molecule has 1 spiro atoms. The van der Waals surface area contributed by atoms with Gasteiger partial charge in [0.05, 0.1) is 13.2 Å². The van der Waals surface area contributed by atoms with E-state index in [1.165, 1.54) is 4.90 Å². The van der Waals surface area contributed by atoms with Crippen molar-refractivity contribution in [3.63, 3.8) is 0 Å². The summed E-state index contributed by atoms with van der Waals surface area (Å²) in [5, 5.41) is 2.69. The van der Waals surface area contributed by atoms with E-state index in [2.05, 4.69) is 5.32 Å². The Morgan fingerprint density at radius 1 is 1.54 bits per heavy atom. The monoisotopic (exact) mass is 184 g/mol. The van der Waals surface area contributed by atoms with Gasteiger partial charge >= 0.3 is 6.03 Å². The molecule has 2 rings (SSSR count). The largest absolute Gasteiger partial charge is 0.383 e. The number of rotatable bonds is 3. The van der Waals surface area contributed by atoms with Gasteiger partial charge in [0.25, 0.3) is 5.91 Å². The molecule has 1 aliphatic heterocycles. The molecule has 1 saturated carbocycles. The summed E-state index contributed by atoms with van der Waals surface area (Å²) in [6.45, 7) is 0.748. The van der Waals surface area contributed by atoms with Crippen molar-refractivity contribution in [1.29, 1.82) is 0 Å². The van der Waals surface area contributed by atoms with Gasteiger partial charge in [-0.15, -0.1) is 0 Å². The summed E-state index contributed by atoms with van der Waals surface area (Å²) < 4.78 is 4.82. The second-order valence-corrected chi connectivity index (χ2v) is 3.46. The first-order chi connectivity index (χ1) is 6.19. The van der Waals surface area contributed by atoms with Crippen molar-refractivity contribution in [3.05, 3.63) is 0 Å². The van der Waals surface area contributed by atoms with Crippen LogP contribution in [-0.4, -0.2) is 42.6 Å². The van der Waals surface area contributed by atoms with E-state index >= 15 is 0 Å². The Kier molecular flexibility index (Phi) is 1.76. The number of methoxy groups -OCH3 is 1. The first-order valence-electron chi connectivity index (χ1n) is 4.33. The van der Waals surface area contributed by atoms with Crippen molar-refractivity contribution < 1.29 is 14.3 Å². The molecule has 1 N–H and O–H groups in total. The average molecular weight is 184 g/mol. The molecule has 5 nitrogen and oxygen atoms in total. The second kappa shape index (κ2) is 2.70. The van der Waals surface area contributed by atoms with Crippen LogP contribution < -0.4 is 5.32 Å². The molecule has 0 aromatic carbocycles. The van der Waals surface area contributed by atoms with Crippen LogP contribution in [0.5, 0.6) is 0 Å². The van der Waals surface area contributed by atoms with E-state index in [1.54, 1.807) is 7.11 Å². The third kappa shape index (κ3) is 1.19. The maximum atomic E-state index is 11.6. The number of nitrogens with one attached hydrogen (secondary N) is 1. The van der Waals surface area contributed by atoms with Crippen molar-refractivity contribution in [2.45, 2.75) is 18.4 Å². The quantitative estimate of drug-likeness (QED) is 0.613. The molecular weight excluding hydrogens is 172 g/mol. The van der Waals surface area contributed by atoms with E-state index in [9.17, 15) is 9.59 Å². The van der Waals surface area contributed by atoms with Gasteiger partial charge in [-0.05, 0) is 12.8 Å². The third-order valence-electron chi connectivity index (χ3n) is 2.51. The summed E-state index contributed by atoms with van der Waals surface area (Å²) >= 11 is 0. The van der Waals surface area contributed by atoms with Gasteiger partial charge in [0.1, 0.15) is 5.54 Å². The normalized spacial score (nSPS) is 23.9. The van der Waals surface area contributed by atoms with Crippen molar-refractivity contribution in [2.75, 3.05) is 20.3 Å². The van der Waals surface area contributed by atoms with E-state index < -0.39 is 5.54 Å². The van der Waals surface area contributed by atoms with Gasteiger partial charge < -0.3 is 10.1 Å². The lowest BCUT2D eigenvalue weighted by Crippen LogP contribution is -2.34. The topological polar surface area (TPSA) is 58.6 Å². The summed E-state index contributed by atoms with van der Waals surface area (Å²) in [6.07, 6.45) is 1.56. The highest BCUT2D eigenvalue weighted by Gasteiger charge is 2.59. The lowest BCUT2D eigenvalue weighted by molar-refractivity contribution is -0.128. The van der Waals surface area contributed by atoms with Crippen LogP contribution >= 0.6 is 0 Å². The third-order valence-corrected chi connectivity index (χ3v) is 2.51. The van der Waals surface area contributed by atoms with E-state index in [0.29, 0.717) is 13.2 Å². The Morgan fingerprint density at radius 2 is 2.23 bits per heavy atom. The van der Waals surface area contributed by atoms with Gasteiger partial charge in [-0.1, -0.05) is 0 Å². The maximum Gasteiger partial charge on any atom is 0.325 e. The lowest BCUT2D eigenvalue weighted by Gasteiger charge is -2.11. The molecule has 72 valence electrons. The Morgan fingerprint density at radius 3 is 2.69 bits per heavy atom. The van der Waals surface area contributed by atoms with Crippen molar-refractivity contribution in [1.82, 2.24) is 10.2 Å². The van der Waals surface area contributed by atoms with Gasteiger partial charge in [-0.2, -0.15) is 0 Å². The molecule has 0 bridgehead atoms. The van der Waals surface area contributed by atoms with Crippen LogP contribution in [0.25, 0.3) is 0 Å². The molecule has 0 atom stereocenters. The number of imide groups is 1. The lowest BCUT2D eigenvalue weighted by atomic mass is 10.3. The molecule has 0 aromatic heterocycles. The molecule has 5 heteroatoms. The standard InChI is InChI=1S/C8H12N2O3/c1-13-5-4-10-6(11)8(2-3-8)9-7(10)12/h2-5H2,1H3,(H,9,12). The van der Waals surface area contributed by atoms with Gasteiger partial charge in [-0.3, -0.25) is 9.69 Å². The summed E-state index contributed by atoms with van der Waals surface area (Å²) in [5.74, 6) is -0.0884. The zero-order valence-electron chi connectivity index (χ0n) is 7.50. The highest BCUT2D eigenvalue weighted by Crippen LogP contribution is 2.40. The van der Waals surface area contributed by atoms with E-state index in [1.807, 2.05) is 0 Å². The Hall–Kier alpha value is -1.10. The summed E-state index contributed by atoms with van der Waals surface area (Å²) in [7, 11) is 1.55. The maximum absolute atomic E-state index is 11.6. The highest BCUT2D eigenvalue weighted by molar-refractivity contribution is 6.08. The predicted molar refractivity (Wildman–Crippen MR) is 44.1 cm³/mol. The molecule has 0 aromatic rings. The van der Waals surface area contributed by atoms with E-state index in [4.69, 9.17) is 4.74 Å². The molecule has 1 aliphatic carbocycles. The van der Waals surface area contributed by atoms with Crippen LogP contribution in [0, 0.1) is 0 Å². The number of urea groups is 1. The first-order valence-corrected chi connectivity index (χ1v) is 4.33. The number of hydrogen-bond donors (Lipinski definition) is 1. The van der Waals surface area contributed by atoms with Crippen LogP contribution in [0.15, 0.2) is 0 Å². The number of amides is 3.